The van der Waals surface area contributed by atoms with E-state index in [1.54, 1.807) is 24.4 Å². The molecule has 4 rings (SSSR count). The van der Waals surface area contributed by atoms with Crippen molar-refractivity contribution in [1.29, 1.82) is 0 Å². The molecule has 0 fully saturated rings. The van der Waals surface area contributed by atoms with Crippen molar-refractivity contribution in [1.82, 2.24) is 9.97 Å². The Bertz CT molecular complexity index is 1120. The minimum Gasteiger partial charge on any atom is -0.455 e. The molecule has 2 heterocycles. The number of carbonyl (C=O) groups is 1. The molecule has 0 aliphatic carbocycles. The molecule has 7 heteroatoms. The number of hydrogen-bond donors (Lipinski definition) is 1. The average Bonchev–Trinajstić information content (AvgIpc) is 3.20. The Kier molecular flexibility index (Phi) is 5.84. The quantitative estimate of drug-likeness (QED) is 0.425. The van der Waals surface area contributed by atoms with E-state index >= 15 is 0 Å². The highest BCUT2D eigenvalue weighted by Crippen LogP contribution is 2.32. The highest BCUT2D eigenvalue weighted by molar-refractivity contribution is 7.13. The third kappa shape index (κ3) is 4.99. The van der Waals surface area contributed by atoms with Gasteiger partial charge in [-0.25, -0.2) is 4.98 Å². The average molecular weight is 422 g/mol. The Hall–Kier alpha value is -3.22. The summed E-state index contributed by atoms with van der Waals surface area (Å²) in [5.41, 5.74) is 1.98. The molecule has 144 valence electrons. The molecule has 0 unspecified atom stereocenters. The molecule has 29 heavy (non-hydrogen) atoms. The number of amides is 1. The van der Waals surface area contributed by atoms with Gasteiger partial charge in [0.15, 0.2) is 5.75 Å². The maximum Gasteiger partial charge on any atom is 0.230 e. The fourth-order valence-electron chi connectivity index (χ4n) is 2.66. The molecule has 2 aromatic carbocycles. The van der Waals surface area contributed by atoms with Crippen molar-refractivity contribution in [3.8, 4) is 22.2 Å². The van der Waals surface area contributed by atoms with Crippen molar-refractivity contribution in [2.45, 2.75) is 6.42 Å². The molecule has 1 amide bonds. The summed E-state index contributed by atoms with van der Waals surface area (Å²) >= 11 is 7.57. The Morgan fingerprint density at radius 1 is 1.07 bits per heavy atom. The van der Waals surface area contributed by atoms with E-state index in [4.69, 9.17) is 16.3 Å². The van der Waals surface area contributed by atoms with Crippen molar-refractivity contribution < 1.29 is 9.53 Å². The van der Waals surface area contributed by atoms with Crippen LogP contribution >= 0.6 is 22.9 Å². The summed E-state index contributed by atoms with van der Waals surface area (Å²) in [6.45, 7) is 0. The van der Waals surface area contributed by atoms with Crippen molar-refractivity contribution in [2.75, 3.05) is 5.32 Å². The van der Waals surface area contributed by atoms with Crippen molar-refractivity contribution in [3.63, 3.8) is 0 Å². The number of pyridine rings is 1. The lowest BCUT2D eigenvalue weighted by Crippen LogP contribution is -2.15. The predicted molar refractivity (Wildman–Crippen MR) is 116 cm³/mol. The normalized spacial score (nSPS) is 10.5. The number of aromatic nitrogens is 2. The van der Waals surface area contributed by atoms with Gasteiger partial charge in [-0.1, -0.05) is 35.9 Å². The van der Waals surface area contributed by atoms with Gasteiger partial charge in [0, 0.05) is 16.6 Å². The molecule has 5 nitrogen and oxygen atoms in total. The van der Waals surface area contributed by atoms with Gasteiger partial charge >= 0.3 is 0 Å². The van der Waals surface area contributed by atoms with E-state index in [0.717, 1.165) is 10.7 Å². The van der Waals surface area contributed by atoms with E-state index in [1.165, 1.54) is 11.3 Å². The van der Waals surface area contributed by atoms with Gasteiger partial charge in [0.05, 0.1) is 23.5 Å². The van der Waals surface area contributed by atoms with Crippen LogP contribution in [0.3, 0.4) is 0 Å². The summed E-state index contributed by atoms with van der Waals surface area (Å²) in [4.78, 5) is 21.4. The van der Waals surface area contributed by atoms with E-state index in [0.29, 0.717) is 27.9 Å². The van der Waals surface area contributed by atoms with Crippen LogP contribution in [-0.4, -0.2) is 15.9 Å². The molecule has 0 atom stereocenters. The van der Waals surface area contributed by atoms with Crippen LogP contribution in [0.2, 0.25) is 5.02 Å². The third-order valence-electron chi connectivity index (χ3n) is 3.96. The second-order valence-electron chi connectivity index (χ2n) is 6.14. The van der Waals surface area contributed by atoms with Gasteiger partial charge in [0.1, 0.15) is 10.8 Å². The lowest BCUT2D eigenvalue weighted by Gasteiger charge is -2.12. The first-order chi connectivity index (χ1) is 14.2. The fraction of sp³-hybridized carbons (Fsp3) is 0.0455. The van der Waals surface area contributed by atoms with Crippen molar-refractivity contribution in [3.05, 3.63) is 89.0 Å². The third-order valence-corrected chi connectivity index (χ3v) is 5.11. The number of halogens is 1. The van der Waals surface area contributed by atoms with Crippen LogP contribution in [0.1, 0.15) is 5.69 Å². The second kappa shape index (κ2) is 8.86. The van der Waals surface area contributed by atoms with Gasteiger partial charge in [-0.15, -0.1) is 11.3 Å². The smallest absolute Gasteiger partial charge is 0.230 e. The van der Waals surface area contributed by atoms with Gasteiger partial charge in [-0.2, -0.15) is 0 Å². The summed E-state index contributed by atoms with van der Waals surface area (Å²) in [7, 11) is 0. The summed E-state index contributed by atoms with van der Waals surface area (Å²) in [6, 6.07) is 20.1. The number of anilines is 1. The maximum absolute atomic E-state index is 12.6. The van der Waals surface area contributed by atoms with E-state index < -0.39 is 0 Å². The van der Waals surface area contributed by atoms with Gasteiger partial charge in [0.25, 0.3) is 0 Å². The van der Waals surface area contributed by atoms with Gasteiger partial charge in [-0.05, 0) is 42.5 Å². The first-order valence-corrected chi connectivity index (χ1v) is 10.1. The minimum atomic E-state index is -0.206. The molecule has 0 saturated heterocycles. The lowest BCUT2D eigenvalue weighted by molar-refractivity contribution is -0.115. The van der Waals surface area contributed by atoms with Gasteiger partial charge < -0.3 is 10.1 Å². The van der Waals surface area contributed by atoms with Crippen LogP contribution in [0.5, 0.6) is 11.5 Å². The Balaban J connectivity index is 1.47. The minimum absolute atomic E-state index is 0.140. The standard InChI is InChI=1S/C22H16ClN3O2S/c23-15-9-10-20(28-17-6-2-1-3-7-17)19(12-15)26-21(27)13-16-14-29-22(25-16)18-8-4-5-11-24-18/h1-12,14H,13H2,(H,26,27). The zero-order chi connectivity index (χ0) is 20.1. The van der Waals surface area contributed by atoms with Crippen LogP contribution < -0.4 is 10.1 Å². The maximum atomic E-state index is 12.6. The highest BCUT2D eigenvalue weighted by Gasteiger charge is 2.13. The molecule has 0 saturated carbocycles. The number of carbonyl (C=O) groups excluding carboxylic acids is 1. The molecular formula is C22H16ClN3O2S. The number of ether oxygens (including phenoxy) is 1. The summed E-state index contributed by atoms with van der Waals surface area (Å²) in [5, 5.41) is 6.02. The lowest BCUT2D eigenvalue weighted by atomic mass is 10.2. The summed E-state index contributed by atoms with van der Waals surface area (Å²) in [6.07, 6.45) is 1.86. The van der Waals surface area contributed by atoms with E-state index in [9.17, 15) is 4.79 Å². The molecule has 0 aliphatic rings. The molecular weight excluding hydrogens is 406 g/mol. The zero-order valence-electron chi connectivity index (χ0n) is 15.2. The number of nitrogens with zero attached hydrogens (tertiary/aromatic N) is 2. The molecule has 1 N–H and O–H groups in total. The predicted octanol–water partition coefficient (Wildman–Crippen LogP) is 5.83. The molecule has 0 spiro atoms. The molecule has 0 radical (unpaired) electrons. The Morgan fingerprint density at radius 3 is 2.69 bits per heavy atom. The van der Waals surface area contributed by atoms with Gasteiger partial charge in [0.2, 0.25) is 5.91 Å². The van der Waals surface area contributed by atoms with Crippen LogP contribution in [0.15, 0.2) is 78.3 Å². The van der Waals surface area contributed by atoms with Crippen LogP contribution in [0.25, 0.3) is 10.7 Å². The highest BCUT2D eigenvalue weighted by atomic mass is 35.5. The summed E-state index contributed by atoms with van der Waals surface area (Å²) in [5.74, 6) is 0.981. The summed E-state index contributed by atoms with van der Waals surface area (Å²) < 4.78 is 5.88. The number of hydrogen-bond acceptors (Lipinski definition) is 5. The van der Waals surface area contributed by atoms with Gasteiger partial charge in [-0.3, -0.25) is 9.78 Å². The topological polar surface area (TPSA) is 64.1 Å². The number of nitrogens with one attached hydrogen (secondary N) is 1. The van der Waals surface area contributed by atoms with Crippen LogP contribution in [0, 0.1) is 0 Å². The SMILES string of the molecule is O=C(Cc1csc(-c2ccccn2)n1)Nc1cc(Cl)ccc1Oc1ccccc1. The molecule has 0 aliphatic heterocycles. The van der Waals surface area contributed by atoms with Crippen LogP contribution in [0.4, 0.5) is 5.69 Å². The zero-order valence-corrected chi connectivity index (χ0v) is 16.8. The molecule has 0 bridgehead atoms. The number of para-hydroxylation sites is 1. The van der Waals surface area contributed by atoms with Crippen molar-refractivity contribution >= 4 is 34.5 Å². The first kappa shape index (κ1) is 19.1. The molecule has 2 aromatic heterocycles. The Labute approximate surface area is 177 Å². The van der Waals surface area contributed by atoms with E-state index in [2.05, 4.69) is 15.3 Å². The monoisotopic (exact) mass is 421 g/mol. The molecule has 4 aromatic rings. The second-order valence-corrected chi connectivity index (χ2v) is 7.43. The number of thiazole rings is 1. The first-order valence-electron chi connectivity index (χ1n) is 8.85. The van der Waals surface area contributed by atoms with E-state index in [1.807, 2.05) is 53.9 Å². The fourth-order valence-corrected chi connectivity index (χ4v) is 3.63. The van der Waals surface area contributed by atoms with Crippen LogP contribution in [-0.2, 0) is 11.2 Å². The largest absolute Gasteiger partial charge is 0.455 e. The number of rotatable bonds is 6. The Morgan fingerprint density at radius 2 is 1.90 bits per heavy atom. The number of benzene rings is 2. The van der Waals surface area contributed by atoms with E-state index in [-0.39, 0.29) is 12.3 Å². The van der Waals surface area contributed by atoms with Crippen molar-refractivity contribution in [2.24, 2.45) is 0 Å².